The zero-order chi connectivity index (χ0) is 17.8. The standard InChI is InChI=1S/C26H25N/c1-2-4-19(5-3-1)21-7-9-26(27-16-21)20-6-8-24-22-11-17-10-18(12-22)14-23(13-17)25(24)15-20/h1-9,15-18,22-23H,10-14H2. The van der Waals surface area contributed by atoms with Crippen LogP contribution in [0.3, 0.4) is 0 Å². The maximum absolute atomic E-state index is 4.81. The summed E-state index contributed by atoms with van der Waals surface area (Å²) >= 11 is 0. The molecule has 2 atom stereocenters. The second-order valence-corrected chi connectivity index (χ2v) is 8.95. The Hall–Kier alpha value is -2.41. The Morgan fingerprint density at radius 2 is 1.30 bits per heavy atom. The topological polar surface area (TPSA) is 12.9 Å². The van der Waals surface area contributed by atoms with Crippen molar-refractivity contribution in [3.05, 3.63) is 78.0 Å². The lowest BCUT2D eigenvalue weighted by molar-refractivity contribution is 0.166. The maximum atomic E-state index is 4.81. The Morgan fingerprint density at radius 1 is 0.593 bits per heavy atom. The van der Waals surface area contributed by atoms with Crippen LogP contribution in [0.15, 0.2) is 66.9 Å². The lowest BCUT2D eigenvalue weighted by atomic mass is 9.67. The zero-order valence-electron chi connectivity index (χ0n) is 15.6. The quantitative estimate of drug-likeness (QED) is 0.494. The van der Waals surface area contributed by atoms with Gasteiger partial charge < -0.3 is 0 Å². The van der Waals surface area contributed by atoms with E-state index in [1.807, 2.05) is 6.20 Å². The SMILES string of the molecule is c1ccc(-c2ccc(-c3ccc4c(c3)C3CC5CC(CC4C5)C3)nc2)cc1. The van der Waals surface area contributed by atoms with Crippen molar-refractivity contribution >= 4 is 0 Å². The summed E-state index contributed by atoms with van der Waals surface area (Å²) in [6, 6.07) is 22.1. The van der Waals surface area contributed by atoms with Crippen molar-refractivity contribution in [2.45, 2.75) is 43.9 Å². The van der Waals surface area contributed by atoms with E-state index < -0.39 is 0 Å². The summed E-state index contributed by atoms with van der Waals surface area (Å²) in [6.07, 6.45) is 9.22. The molecule has 1 heterocycles. The summed E-state index contributed by atoms with van der Waals surface area (Å²) in [4.78, 5) is 4.81. The Morgan fingerprint density at radius 3 is 2.00 bits per heavy atom. The molecule has 1 aromatic heterocycles. The van der Waals surface area contributed by atoms with Crippen LogP contribution in [0, 0.1) is 11.8 Å². The average Bonchev–Trinajstić information content (AvgIpc) is 2.89. The van der Waals surface area contributed by atoms with Gasteiger partial charge in [-0.3, -0.25) is 4.98 Å². The first-order chi connectivity index (χ1) is 13.3. The number of nitrogens with zero attached hydrogens (tertiary/aromatic N) is 1. The minimum absolute atomic E-state index is 0.791. The first-order valence-corrected chi connectivity index (χ1v) is 10.5. The third kappa shape index (κ3) is 2.64. The van der Waals surface area contributed by atoms with Gasteiger partial charge >= 0.3 is 0 Å². The molecule has 7 rings (SSSR count). The summed E-state index contributed by atoms with van der Waals surface area (Å²) < 4.78 is 0. The van der Waals surface area contributed by atoms with Crippen LogP contribution >= 0.6 is 0 Å². The minimum atomic E-state index is 0.791. The zero-order valence-corrected chi connectivity index (χ0v) is 15.6. The molecule has 2 aromatic carbocycles. The van der Waals surface area contributed by atoms with Crippen molar-refractivity contribution in [2.75, 3.05) is 0 Å². The lowest BCUT2D eigenvalue weighted by Crippen LogP contribution is -2.25. The number of hydrogen-bond donors (Lipinski definition) is 0. The summed E-state index contributed by atoms with van der Waals surface area (Å²) in [5.41, 5.74) is 8.11. The molecule has 2 unspecified atom stereocenters. The van der Waals surface area contributed by atoms with Gasteiger partial charge in [0.1, 0.15) is 0 Å². The van der Waals surface area contributed by atoms with E-state index in [0.29, 0.717) is 0 Å². The fourth-order valence-electron chi connectivity index (χ4n) is 6.18. The lowest BCUT2D eigenvalue weighted by Gasteiger charge is -2.38. The molecular formula is C26H25N. The first kappa shape index (κ1) is 15.6. The smallest absolute Gasteiger partial charge is 0.0702 e. The molecule has 0 amide bonds. The summed E-state index contributed by atoms with van der Waals surface area (Å²) in [7, 11) is 0. The predicted octanol–water partition coefficient (Wildman–Crippen LogP) is 6.81. The van der Waals surface area contributed by atoms with E-state index >= 15 is 0 Å². The molecule has 4 bridgehead atoms. The minimum Gasteiger partial charge on any atom is -0.256 e. The summed E-state index contributed by atoms with van der Waals surface area (Å²) in [6.45, 7) is 0. The molecule has 0 spiro atoms. The summed E-state index contributed by atoms with van der Waals surface area (Å²) in [5, 5.41) is 0. The molecule has 0 saturated heterocycles. The second kappa shape index (κ2) is 6.05. The van der Waals surface area contributed by atoms with Crippen molar-refractivity contribution in [3.8, 4) is 22.4 Å². The molecule has 0 radical (unpaired) electrons. The van der Waals surface area contributed by atoms with Crippen molar-refractivity contribution in [1.29, 1.82) is 0 Å². The number of benzene rings is 2. The maximum Gasteiger partial charge on any atom is 0.0702 e. The Kier molecular flexibility index (Phi) is 3.50. The Bertz CT molecular complexity index is 959. The normalized spacial score (nSPS) is 28.0. The molecule has 2 saturated carbocycles. The molecule has 134 valence electrons. The molecule has 2 fully saturated rings. The predicted molar refractivity (Wildman–Crippen MR) is 111 cm³/mol. The highest BCUT2D eigenvalue weighted by Crippen LogP contribution is 2.56. The molecule has 1 nitrogen and oxygen atoms in total. The van der Waals surface area contributed by atoms with Gasteiger partial charge in [-0.1, -0.05) is 48.5 Å². The van der Waals surface area contributed by atoms with Crippen LogP contribution in [-0.2, 0) is 0 Å². The van der Waals surface area contributed by atoms with Crippen LogP contribution in [0.2, 0.25) is 0 Å². The van der Waals surface area contributed by atoms with E-state index in [9.17, 15) is 0 Å². The third-order valence-corrected chi connectivity index (χ3v) is 7.27. The fourth-order valence-corrected chi connectivity index (χ4v) is 6.18. The van der Waals surface area contributed by atoms with Gasteiger partial charge in [-0.05, 0) is 84.6 Å². The van der Waals surface area contributed by atoms with E-state index in [-0.39, 0.29) is 0 Å². The van der Waals surface area contributed by atoms with E-state index in [1.165, 1.54) is 48.8 Å². The van der Waals surface area contributed by atoms with Gasteiger partial charge in [0, 0.05) is 17.3 Å². The molecule has 1 heteroatoms. The monoisotopic (exact) mass is 351 g/mol. The number of aromatic nitrogens is 1. The molecule has 3 aromatic rings. The first-order valence-electron chi connectivity index (χ1n) is 10.5. The highest BCUT2D eigenvalue weighted by atomic mass is 14.7. The van der Waals surface area contributed by atoms with Crippen LogP contribution in [0.4, 0.5) is 0 Å². The largest absolute Gasteiger partial charge is 0.256 e. The van der Waals surface area contributed by atoms with Crippen LogP contribution < -0.4 is 0 Å². The van der Waals surface area contributed by atoms with Gasteiger partial charge in [0.2, 0.25) is 0 Å². The molecule has 0 N–H and O–H groups in total. The Labute approximate surface area is 161 Å². The van der Waals surface area contributed by atoms with Crippen LogP contribution in [-0.4, -0.2) is 4.98 Å². The number of hydrogen-bond acceptors (Lipinski definition) is 1. The van der Waals surface area contributed by atoms with Gasteiger partial charge in [-0.15, -0.1) is 0 Å². The molecule has 0 aliphatic heterocycles. The van der Waals surface area contributed by atoms with Crippen molar-refractivity contribution in [2.24, 2.45) is 11.8 Å². The van der Waals surface area contributed by atoms with Crippen LogP contribution in [0.5, 0.6) is 0 Å². The molecule has 4 aliphatic rings. The van der Waals surface area contributed by atoms with Crippen molar-refractivity contribution in [1.82, 2.24) is 4.98 Å². The molecular weight excluding hydrogens is 326 g/mol. The van der Waals surface area contributed by atoms with Crippen LogP contribution in [0.1, 0.15) is 55.1 Å². The fraction of sp³-hybridized carbons (Fsp3) is 0.346. The van der Waals surface area contributed by atoms with E-state index in [2.05, 4.69) is 60.7 Å². The average molecular weight is 351 g/mol. The van der Waals surface area contributed by atoms with Crippen molar-refractivity contribution in [3.63, 3.8) is 0 Å². The Balaban J connectivity index is 1.37. The van der Waals surface area contributed by atoms with Gasteiger partial charge in [-0.25, -0.2) is 0 Å². The van der Waals surface area contributed by atoms with Gasteiger partial charge in [0.15, 0.2) is 0 Å². The summed E-state index contributed by atoms with van der Waals surface area (Å²) in [5.74, 6) is 3.57. The third-order valence-electron chi connectivity index (χ3n) is 7.27. The van der Waals surface area contributed by atoms with E-state index in [1.54, 1.807) is 11.1 Å². The van der Waals surface area contributed by atoms with Crippen LogP contribution in [0.25, 0.3) is 22.4 Å². The van der Waals surface area contributed by atoms with Gasteiger partial charge in [0.05, 0.1) is 5.69 Å². The van der Waals surface area contributed by atoms with E-state index in [0.717, 1.165) is 29.4 Å². The second-order valence-electron chi connectivity index (χ2n) is 8.95. The highest BCUT2D eigenvalue weighted by molar-refractivity contribution is 5.67. The van der Waals surface area contributed by atoms with E-state index in [4.69, 9.17) is 4.98 Å². The molecule has 27 heavy (non-hydrogen) atoms. The number of rotatable bonds is 2. The van der Waals surface area contributed by atoms with Gasteiger partial charge in [0.25, 0.3) is 0 Å². The molecule has 4 aliphatic carbocycles. The highest BCUT2D eigenvalue weighted by Gasteiger charge is 2.41. The van der Waals surface area contributed by atoms with Gasteiger partial charge in [-0.2, -0.15) is 0 Å². The van der Waals surface area contributed by atoms with Crippen molar-refractivity contribution < 1.29 is 0 Å². The number of pyridine rings is 1.